The van der Waals surface area contributed by atoms with Gasteiger partial charge >= 0.3 is 0 Å². The zero-order valence-electron chi connectivity index (χ0n) is 31.5. The van der Waals surface area contributed by atoms with Crippen LogP contribution in [0.4, 0.5) is 11.6 Å². The van der Waals surface area contributed by atoms with E-state index in [1.54, 1.807) is 0 Å². The Bertz CT molecular complexity index is 1450. The highest BCUT2D eigenvalue weighted by molar-refractivity contribution is 6.31. The van der Waals surface area contributed by atoms with Gasteiger partial charge in [-0.2, -0.15) is 0 Å². The number of hydrogen-bond donors (Lipinski definition) is 11. The van der Waals surface area contributed by atoms with Gasteiger partial charge in [0.25, 0.3) is 5.91 Å². The van der Waals surface area contributed by atoms with Crippen LogP contribution in [0.3, 0.4) is 0 Å². The van der Waals surface area contributed by atoms with Gasteiger partial charge in [0.2, 0.25) is 0 Å². The van der Waals surface area contributed by atoms with Crippen LogP contribution in [0, 0.1) is 0 Å². The quantitative estimate of drug-likeness (QED) is 0.0268. The number of rotatable bonds is 26. The number of nitrogen functional groups attached to an aromatic ring is 2. The van der Waals surface area contributed by atoms with Crippen molar-refractivity contribution in [2.75, 3.05) is 72.8 Å². The maximum absolute atomic E-state index is 12.4. The molecule has 1 aromatic carbocycles. The summed E-state index contributed by atoms with van der Waals surface area (Å²) >= 11 is 5.82. The van der Waals surface area contributed by atoms with Crippen LogP contribution in [-0.2, 0) is 25.4 Å². The molecule has 9 atom stereocenters. The standard InChI is InChI=1S/C34H57ClN8O12/c1-51-17-22(46)28(53-3)29(54-4)23(52-2)15-20(25(47)27(49)26(48)21(45)16-44)39-13-14-55-19-10-8-18(9-11-19)7-5-6-12-40-34(38)43-33(50)24-31(36)42-32(37)30(35)41-24/h8-11,20-23,25-29,39,44-49H,5-7,12-17H2,1-4H3,(H4,36,37,42)(H3,38,40,43,50)/t20?,21-,22-,23+,25+,26-,27-,28-,29-/m1/s1. The van der Waals surface area contributed by atoms with Crippen LogP contribution in [0.5, 0.6) is 5.75 Å². The number of nitrogens with one attached hydrogen (secondary N) is 2. The van der Waals surface area contributed by atoms with E-state index in [2.05, 4.69) is 25.6 Å². The number of aryl methyl sites for hydroxylation is 1. The van der Waals surface area contributed by atoms with E-state index in [9.17, 15) is 35.4 Å². The monoisotopic (exact) mass is 804 g/mol. The number of nitrogens with zero attached hydrogens (tertiary/aromatic N) is 3. The molecule has 0 bridgehead atoms. The van der Waals surface area contributed by atoms with E-state index in [0.717, 1.165) is 18.4 Å². The van der Waals surface area contributed by atoms with Gasteiger partial charge in [-0.25, -0.2) is 9.97 Å². The maximum atomic E-state index is 12.4. The van der Waals surface area contributed by atoms with E-state index in [1.165, 1.54) is 28.4 Å². The van der Waals surface area contributed by atoms with Crippen LogP contribution < -0.4 is 32.6 Å². The number of hydrogen-bond acceptors (Lipinski definition) is 18. The van der Waals surface area contributed by atoms with Crippen molar-refractivity contribution in [1.29, 1.82) is 0 Å². The van der Waals surface area contributed by atoms with Crippen molar-refractivity contribution in [1.82, 2.24) is 20.6 Å². The van der Waals surface area contributed by atoms with Gasteiger partial charge in [0.05, 0.1) is 25.4 Å². The van der Waals surface area contributed by atoms with E-state index in [4.69, 9.17) is 52.5 Å². The summed E-state index contributed by atoms with van der Waals surface area (Å²) in [6.45, 7) is -0.222. The third-order valence-corrected chi connectivity index (χ3v) is 8.93. The zero-order valence-corrected chi connectivity index (χ0v) is 32.2. The summed E-state index contributed by atoms with van der Waals surface area (Å²) in [5.41, 5.74) is 17.9. The van der Waals surface area contributed by atoms with Gasteiger partial charge in [-0.3, -0.25) is 15.1 Å². The molecule has 21 heteroatoms. The Labute approximate surface area is 324 Å². The van der Waals surface area contributed by atoms with Gasteiger partial charge in [-0.15, -0.1) is 0 Å². The molecule has 0 aliphatic rings. The molecule has 312 valence electrons. The molecule has 0 aliphatic carbocycles. The summed E-state index contributed by atoms with van der Waals surface area (Å²) in [5.74, 6) is -0.544. The predicted molar refractivity (Wildman–Crippen MR) is 202 cm³/mol. The summed E-state index contributed by atoms with van der Waals surface area (Å²) in [4.78, 5) is 24.1. The predicted octanol–water partition coefficient (Wildman–Crippen LogP) is -2.42. The highest BCUT2D eigenvalue weighted by Gasteiger charge is 2.40. The minimum atomic E-state index is -1.86. The molecule has 1 amide bonds. The lowest BCUT2D eigenvalue weighted by Gasteiger charge is -2.37. The number of aliphatic hydroxyl groups is 6. The van der Waals surface area contributed by atoms with E-state index < -0.39 is 67.4 Å². The summed E-state index contributed by atoms with van der Waals surface area (Å²) in [7, 11) is 5.62. The van der Waals surface area contributed by atoms with Gasteiger partial charge in [-0.05, 0) is 43.4 Å². The average molecular weight is 805 g/mol. The van der Waals surface area contributed by atoms with E-state index in [0.29, 0.717) is 18.7 Å². The summed E-state index contributed by atoms with van der Waals surface area (Å²) in [6.07, 6.45) is -8.51. The number of ether oxygens (including phenoxy) is 5. The molecule has 2 aromatic rings. The van der Waals surface area contributed by atoms with Crippen LogP contribution in [0.15, 0.2) is 29.3 Å². The first-order valence-electron chi connectivity index (χ1n) is 17.5. The number of halogens is 1. The first-order chi connectivity index (χ1) is 26.2. The molecule has 14 N–H and O–H groups in total. The second-order valence-electron chi connectivity index (χ2n) is 12.5. The first-order valence-corrected chi connectivity index (χ1v) is 17.8. The fourth-order valence-electron chi connectivity index (χ4n) is 5.64. The van der Waals surface area contributed by atoms with Crippen molar-refractivity contribution >= 4 is 35.1 Å². The van der Waals surface area contributed by atoms with Crippen molar-refractivity contribution in [2.24, 2.45) is 10.7 Å². The highest BCUT2D eigenvalue weighted by atomic mass is 35.5. The highest BCUT2D eigenvalue weighted by Crippen LogP contribution is 2.22. The molecule has 0 spiro atoms. The van der Waals surface area contributed by atoms with Crippen LogP contribution in [-0.4, -0.2) is 169 Å². The maximum Gasteiger partial charge on any atom is 0.280 e. The number of benzene rings is 1. The van der Waals surface area contributed by atoms with Gasteiger partial charge in [0.1, 0.15) is 49.0 Å². The number of aliphatic hydroxyl groups excluding tert-OH is 6. The Kier molecular flexibility index (Phi) is 21.6. The van der Waals surface area contributed by atoms with Gasteiger partial charge in [-0.1, -0.05) is 23.7 Å². The molecule has 20 nitrogen and oxygen atoms in total. The third kappa shape index (κ3) is 15.2. The summed E-state index contributed by atoms with van der Waals surface area (Å²) in [6, 6.07) is 6.48. The molecular formula is C34H57ClN8O12. The number of unbranched alkanes of at least 4 members (excludes halogenated alkanes) is 1. The van der Waals surface area contributed by atoms with Gasteiger partial charge in [0, 0.05) is 47.6 Å². The van der Waals surface area contributed by atoms with Crippen molar-refractivity contribution in [3.05, 3.63) is 40.7 Å². The average Bonchev–Trinajstić information content (AvgIpc) is 3.17. The number of amides is 1. The molecule has 0 radical (unpaired) electrons. The van der Waals surface area contributed by atoms with Crippen LogP contribution >= 0.6 is 11.6 Å². The number of carbonyl (C=O) groups excluding carboxylic acids is 1. The molecule has 1 heterocycles. The largest absolute Gasteiger partial charge is 0.492 e. The minimum absolute atomic E-state index is 0.0146. The molecule has 1 unspecified atom stereocenters. The Morgan fingerprint density at radius 1 is 0.891 bits per heavy atom. The second-order valence-corrected chi connectivity index (χ2v) is 12.9. The molecule has 1 aromatic heterocycles. The van der Waals surface area contributed by atoms with Crippen molar-refractivity contribution in [3.63, 3.8) is 0 Å². The number of methoxy groups -OCH3 is 4. The lowest BCUT2D eigenvalue weighted by Crippen LogP contribution is -2.57. The minimum Gasteiger partial charge on any atom is -0.492 e. The van der Waals surface area contributed by atoms with Crippen molar-refractivity contribution in [2.45, 2.75) is 80.6 Å². The normalized spacial score (nSPS) is 17.0. The van der Waals surface area contributed by atoms with Crippen LogP contribution in [0.1, 0.15) is 35.3 Å². The van der Waals surface area contributed by atoms with Gasteiger partial charge < -0.3 is 76.8 Å². The molecule has 0 saturated heterocycles. The molecule has 0 aliphatic heterocycles. The lowest BCUT2D eigenvalue weighted by atomic mass is 9.91. The molecule has 2 rings (SSSR count). The van der Waals surface area contributed by atoms with Gasteiger partial charge in [0.15, 0.2) is 28.4 Å². The number of nitrogens with two attached hydrogens (primary N) is 3. The van der Waals surface area contributed by atoms with E-state index in [1.807, 2.05) is 24.3 Å². The first kappa shape index (κ1) is 47.6. The van der Waals surface area contributed by atoms with Crippen molar-refractivity contribution in [3.8, 4) is 5.75 Å². The number of aromatic nitrogens is 2. The number of carbonyl (C=O) groups is 1. The van der Waals surface area contributed by atoms with Crippen LogP contribution in [0.25, 0.3) is 0 Å². The second kappa shape index (κ2) is 24.9. The molecule has 55 heavy (non-hydrogen) atoms. The smallest absolute Gasteiger partial charge is 0.280 e. The molecule has 0 fully saturated rings. The molecular weight excluding hydrogens is 748 g/mol. The van der Waals surface area contributed by atoms with E-state index >= 15 is 0 Å². The Morgan fingerprint density at radius 3 is 2.16 bits per heavy atom. The fourth-order valence-corrected chi connectivity index (χ4v) is 5.76. The SMILES string of the molecule is COC[C@@H](O)[C@@H](OC)[C@H](OC)[C@H](CC(NCCOc1ccc(CCCCN=C(N)NC(=O)c2nc(Cl)c(N)nc2N)cc1)[C@H](O)[C@@H](O)[C@H](O)[C@H](O)CO)OC. The molecule has 0 saturated carbocycles. The Balaban J connectivity index is 1.94. The summed E-state index contributed by atoms with van der Waals surface area (Å²) < 4.78 is 27.7. The topological polar surface area (TPSA) is 325 Å². The van der Waals surface area contributed by atoms with E-state index in [-0.39, 0.29) is 54.6 Å². The zero-order chi connectivity index (χ0) is 41.1. The van der Waals surface area contributed by atoms with Crippen LogP contribution in [0.2, 0.25) is 5.15 Å². The third-order valence-electron chi connectivity index (χ3n) is 8.65. The fraction of sp³-hybridized carbons (Fsp3) is 0.647. The number of guanidine groups is 1. The van der Waals surface area contributed by atoms with Crippen molar-refractivity contribution < 1.29 is 59.1 Å². The lowest BCUT2D eigenvalue weighted by molar-refractivity contribution is -0.159. The number of aliphatic imine (C=N–C) groups is 1. The Morgan fingerprint density at radius 2 is 1.56 bits per heavy atom. The Hall–Kier alpha value is -3.51. The summed E-state index contributed by atoms with van der Waals surface area (Å²) in [5, 5.41) is 67.1. The number of anilines is 2.